The maximum absolute atomic E-state index is 12.5. The first-order valence-corrected chi connectivity index (χ1v) is 8.67. The molecule has 0 radical (unpaired) electrons. The van der Waals surface area contributed by atoms with Crippen LogP contribution in [0.2, 0.25) is 0 Å². The maximum Gasteiger partial charge on any atom is 0.254 e. The summed E-state index contributed by atoms with van der Waals surface area (Å²) < 4.78 is 4.89. The van der Waals surface area contributed by atoms with Crippen LogP contribution in [0.5, 0.6) is 0 Å². The van der Waals surface area contributed by atoms with E-state index in [1.54, 1.807) is 32.2 Å². The molecule has 0 spiro atoms. The number of benzene rings is 1. The summed E-state index contributed by atoms with van der Waals surface area (Å²) in [5, 5.41) is 6.30. The Balaban J connectivity index is 1.97. The van der Waals surface area contributed by atoms with Crippen molar-refractivity contribution in [2.75, 3.05) is 30.4 Å². The fraction of sp³-hybridized carbons (Fsp3) is 0.421. The average Bonchev–Trinajstić information content (AvgIpc) is 2.99. The van der Waals surface area contributed by atoms with Gasteiger partial charge in [0, 0.05) is 37.0 Å². The molecule has 0 aliphatic carbocycles. The van der Waals surface area contributed by atoms with Crippen LogP contribution >= 0.6 is 0 Å². The van der Waals surface area contributed by atoms with E-state index in [0.717, 1.165) is 12.2 Å². The molecule has 7 heteroatoms. The normalized spacial score (nSPS) is 10.7. The van der Waals surface area contributed by atoms with Crippen LogP contribution in [0.4, 0.5) is 11.5 Å². The molecule has 140 valence electrons. The minimum atomic E-state index is -0.331. The fourth-order valence-electron chi connectivity index (χ4n) is 2.76. The molecule has 1 N–H and O–H groups in total. The molecule has 1 aromatic carbocycles. The molecule has 0 bridgehead atoms. The average molecular weight is 358 g/mol. The first-order chi connectivity index (χ1) is 12.3. The smallest absolute Gasteiger partial charge is 0.254 e. The standard InChI is InChI=1S/C19H26N4O3/c1-6-23(13(2)3)16-9-7-15(8-10-16)19(25)22(5)12-18(24)20-17-11-14(4)26-21-17/h7-11,13H,6,12H2,1-5H3,(H,20,21,24). The highest BCUT2D eigenvalue weighted by Gasteiger charge is 2.17. The number of hydrogen-bond donors (Lipinski definition) is 1. The first kappa shape index (κ1) is 19.5. The van der Waals surface area contributed by atoms with E-state index in [9.17, 15) is 9.59 Å². The summed E-state index contributed by atoms with van der Waals surface area (Å²) >= 11 is 0. The minimum absolute atomic E-state index is 0.0699. The number of nitrogens with one attached hydrogen (secondary N) is 1. The number of likely N-dealkylation sites (N-methyl/N-ethyl adjacent to an activating group) is 1. The van der Waals surface area contributed by atoms with Gasteiger partial charge in [0.15, 0.2) is 5.82 Å². The van der Waals surface area contributed by atoms with Crippen molar-refractivity contribution in [3.8, 4) is 0 Å². The Kier molecular flexibility index (Phi) is 6.38. The van der Waals surface area contributed by atoms with E-state index in [0.29, 0.717) is 23.2 Å². The van der Waals surface area contributed by atoms with Crippen LogP contribution in [-0.4, -0.2) is 48.0 Å². The first-order valence-electron chi connectivity index (χ1n) is 8.67. The minimum Gasteiger partial charge on any atom is -0.369 e. The molecule has 0 saturated carbocycles. The van der Waals surface area contributed by atoms with Crippen LogP contribution in [0.25, 0.3) is 0 Å². The molecule has 0 unspecified atom stereocenters. The molecule has 0 aliphatic rings. The van der Waals surface area contributed by atoms with Crippen molar-refractivity contribution in [1.82, 2.24) is 10.1 Å². The third kappa shape index (κ3) is 4.84. The van der Waals surface area contributed by atoms with Crippen LogP contribution in [0.15, 0.2) is 34.9 Å². The number of carbonyl (C=O) groups excluding carboxylic acids is 2. The quantitative estimate of drug-likeness (QED) is 0.823. The highest BCUT2D eigenvalue weighted by Crippen LogP contribution is 2.18. The topological polar surface area (TPSA) is 78.7 Å². The molecule has 1 heterocycles. The van der Waals surface area contributed by atoms with E-state index < -0.39 is 0 Å². The molecule has 26 heavy (non-hydrogen) atoms. The summed E-state index contributed by atoms with van der Waals surface area (Å²) in [6.07, 6.45) is 0. The second-order valence-electron chi connectivity index (χ2n) is 6.46. The van der Waals surface area contributed by atoms with Gasteiger partial charge in [0.2, 0.25) is 5.91 Å². The molecule has 2 amide bonds. The van der Waals surface area contributed by atoms with E-state index in [1.165, 1.54) is 4.90 Å². The van der Waals surface area contributed by atoms with Gasteiger partial charge in [0.25, 0.3) is 5.91 Å². The molecule has 0 atom stereocenters. The Bertz CT molecular complexity index is 752. The summed E-state index contributed by atoms with van der Waals surface area (Å²) in [5.41, 5.74) is 1.61. The zero-order valence-corrected chi connectivity index (χ0v) is 15.9. The second kappa shape index (κ2) is 8.51. The lowest BCUT2D eigenvalue weighted by Gasteiger charge is -2.27. The summed E-state index contributed by atoms with van der Waals surface area (Å²) in [4.78, 5) is 28.2. The lowest BCUT2D eigenvalue weighted by Crippen LogP contribution is -2.35. The number of hydrogen-bond acceptors (Lipinski definition) is 5. The molecule has 0 fully saturated rings. The summed E-state index contributed by atoms with van der Waals surface area (Å²) in [6.45, 7) is 8.92. The number of nitrogens with zero attached hydrogens (tertiary/aromatic N) is 3. The molecule has 7 nitrogen and oxygen atoms in total. The predicted octanol–water partition coefficient (Wildman–Crippen LogP) is 2.93. The van der Waals surface area contributed by atoms with Gasteiger partial charge in [-0.3, -0.25) is 9.59 Å². The third-order valence-corrected chi connectivity index (χ3v) is 4.03. The number of aryl methyl sites for hydroxylation is 1. The summed E-state index contributed by atoms with van der Waals surface area (Å²) in [7, 11) is 1.59. The van der Waals surface area contributed by atoms with Gasteiger partial charge < -0.3 is 19.6 Å². The van der Waals surface area contributed by atoms with Crippen LogP contribution in [0.1, 0.15) is 36.9 Å². The van der Waals surface area contributed by atoms with Crippen LogP contribution in [-0.2, 0) is 4.79 Å². The van der Waals surface area contributed by atoms with Crippen molar-refractivity contribution in [2.45, 2.75) is 33.7 Å². The van der Waals surface area contributed by atoms with Crippen molar-refractivity contribution < 1.29 is 14.1 Å². The fourth-order valence-corrected chi connectivity index (χ4v) is 2.76. The van der Waals surface area contributed by atoms with E-state index >= 15 is 0 Å². The van der Waals surface area contributed by atoms with Crippen molar-refractivity contribution in [2.24, 2.45) is 0 Å². The summed E-state index contributed by atoms with van der Waals surface area (Å²) in [6, 6.07) is 9.45. The van der Waals surface area contributed by atoms with Crippen LogP contribution < -0.4 is 10.2 Å². The number of rotatable bonds is 7. The van der Waals surface area contributed by atoms with Gasteiger partial charge in [-0.05, 0) is 52.0 Å². The number of carbonyl (C=O) groups is 2. The zero-order chi connectivity index (χ0) is 19.3. The predicted molar refractivity (Wildman–Crippen MR) is 101 cm³/mol. The maximum atomic E-state index is 12.5. The van der Waals surface area contributed by atoms with E-state index in [4.69, 9.17) is 4.52 Å². The van der Waals surface area contributed by atoms with Crippen molar-refractivity contribution in [3.63, 3.8) is 0 Å². The van der Waals surface area contributed by atoms with E-state index in [1.807, 2.05) is 12.1 Å². The lowest BCUT2D eigenvalue weighted by molar-refractivity contribution is -0.116. The van der Waals surface area contributed by atoms with Crippen molar-refractivity contribution in [1.29, 1.82) is 0 Å². The van der Waals surface area contributed by atoms with Gasteiger partial charge in [-0.25, -0.2) is 0 Å². The van der Waals surface area contributed by atoms with Gasteiger partial charge in [0.1, 0.15) is 5.76 Å². The monoisotopic (exact) mass is 358 g/mol. The zero-order valence-electron chi connectivity index (χ0n) is 15.9. The van der Waals surface area contributed by atoms with Gasteiger partial charge in [-0.1, -0.05) is 5.16 Å². The number of aromatic nitrogens is 1. The highest BCUT2D eigenvalue weighted by atomic mass is 16.5. The molecule has 0 saturated heterocycles. The number of amides is 2. The van der Waals surface area contributed by atoms with Crippen molar-refractivity contribution in [3.05, 3.63) is 41.7 Å². The SMILES string of the molecule is CCN(c1ccc(C(=O)N(C)CC(=O)Nc2cc(C)on2)cc1)C(C)C. The van der Waals surface area contributed by atoms with E-state index in [2.05, 4.69) is 36.1 Å². The third-order valence-electron chi connectivity index (χ3n) is 4.03. The second-order valence-corrected chi connectivity index (χ2v) is 6.46. The Morgan fingerprint density at radius 2 is 1.88 bits per heavy atom. The Hall–Kier alpha value is -2.83. The van der Waals surface area contributed by atoms with E-state index in [-0.39, 0.29) is 18.4 Å². The molecule has 0 aliphatic heterocycles. The molecule has 1 aromatic heterocycles. The molecule has 2 aromatic rings. The van der Waals surface area contributed by atoms with Crippen LogP contribution in [0.3, 0.4) is 0 Å². The van der Waals surface area contributed by atoms with Gasteiger partial charge in [0.05, 0.1) is 6.54 Å². The largest absolute Gasteiger partial charge is 0.369 e. The molecule has 2 rings (SSSR count). The van der Waals surface area contributed by atoms with Crippen molar-refractivity contribution >= 4 is 23.3 Å². The number of anilines is 2. The van der Waals surface area contributed by atoms with Gasteiger partial charge >= 0.3 is 0 Å². The Morgan fingerprint density at radius 3 is 2.38 bits per heavy atom. The molecular weight excluding hydrogens is 332 g/mol. The Morgan fingerprint density at radius 1 is 1.23 bits per heavy atom. The van der Waals surface area contributed by atoms with Crippen LogP contribution in [0, 0.1) is 6.92 Å². The Labute approximate surface area is 153 Å². The highest BCUT2D eigenvalue weighted by molar-refractivity contribution is 5.99. The van der Waals surface area contributed by atoms with Gasteiger partial charge in [-0.15, -0.1) is 0 Å². The lowest BCUT2D eigenvalue weighted by atomic mass is 10.1. The van der Waals surface area contributed by atoms with Gasteiger partial charge in [-0.2, -0.15) is 0 Å². The molecular formula is C19H26N4O3. The summed E-state index contributed by atoms with van der Waals surface area (Å²) in [5.74, 6) is 0.400.